The summed E-state index contributed by atoms with van der Waals surface area (Å²) in [6.07, 6.45) is 5.04. The van der Waals surface area contributed by atoms with E-state index in [-0.39, 0.29) is 18.7 Å². The number of rotatable bonds is 6. The zero-order chi connectivity index (χ0) is 24.4. The van der Waals surface area contributed by atoms with Crippen LogP contribution in [0.2, 0.25) is 0 Å². The zero-order valence-electron chi connectivity index (χ0n) is 20.6. The summed E-state index contributed by atoms with van der Waals surface area (Å²) < 4.78 is 40.5. The van der Waals surface area contributed by atoms with Crippen LogP contribution in [0.1, 0.15) is 39.0 Å². The van der Waals surface area contributed by atoms with Crippen molar-refractivity contribution in [3.05, 3.63) is 23.0 Å². The maximum Gasteiger partial charge on any atom is 0.323 e. The second-order valence-electron chi connectivity index (χ2n) is 10.2. The molecule has 5 rings (SSSR count). The lowest BCUT2D eigenvalue weighted by Crippen LogP contribution is -2.54. The van der Waals surface area contributed by atoms with Gasteiger partial charge >= 0.3 is 11.9 Å². The molecular formula is C25H34O9. The van der Waals surface area contributed by atoms with Crippen LogP contribution >= 0.6 is 0 Å². The van der Waals surface area contributed by atoms with Gasteiger partial charge < -0.3 is 33.2 Å². The van der Waals surface area contributed by atoms with Crippen LogP contribution in [0, 0.1) is 22.7 Å². The number of ether oxygens (including phenoxy) is 7. The van der Waals surface area contributed by atoms with E-state index in [1.807, 2.05) is 6.08 Å². The Balaban J connectivity index is 1.69. The Morgan fingerprint density at radius 1 is 1.09 bits per heavy atom. The molecule has 5 aliphatic rings. The third kappa shape index (κ3) is 2.75. The predicted molar refractivity (Wildman–Crippen MR) is 117 cm³/mol. The van der Waals surface area contributed by atoms with Gasteiger partial charge in [-0.3, -0.25) is 9.59 Å². The first kappa shape index (κ1) is 23.8. The topological polar surface area (TPSA) is 98.8 Å². The molecule has 9 heteroatoms. The molecule has 34 heavy (non-hydrogen) atoms. The van der Waals surface area contributed by atoms with Gasteiger partial charge in [-0.25, -0.2) is 0 Å². The van der Waals surface area contributed by atoms with Crippen molar-refractivity contribution in [2.24, 2.45) is 22.7 Å². The van der Waals surface area contributed by atoms with Gasteiger partial charge in [0.1, 0.15) is 23.6 Å². The molecule has 0 radical (unpaired) electrons. The minimum Gasteiger partial charge on any atom is -0.500 e. The molecule has 1 heterocycles. The number of allylic oxidation sites excluding steroid dienone is 2. The van der Waals surface area contributed by atoms with Gasteiger partial charge in [0, 0.05) is 18.9 Å². The van der Waals surface area contributed by atoms with Crippen molar-refractivity contribution in [2.45, 2.75) is 50.4 Å². The van der Waals surface area contributed by atoms with Crippen LogP contribution in [0.15, 0.2) is 23.0 Å². The molecule has 0 amide bonds. The van der Waals surface area contributed by atoms with E-state index in [1.165, 1.54) is 14.2 Å². The van der Waals surface area contributed by atoms with E-state index in [2.05, 4.69) is 0 Å². The summed E-state index contributed by atoms with van der Waals surface area (Å²) in [5, 5.41) is 0. The van der Waals surface area contributed by atoms with Crippen molar-refractivity contribution in [2.75, 3.05) is 48.4 Å². The molecule has 9 nitrogen and oxygen atoms in total. The van der Waals surface area contributed by atoms with Gasteiger partial charge in [-0.2, -0.15) is 0 Å². The minimum absolute atomic E-state index is 0.0525. The zero-order valence-corrected chi connectivity index (χ0v) is 20.6. The Kier molecular flexibility index (Phi) is 5.63. The highest BCUT2D eigenvalue weighted by Crippen LogP contribution is 2.75. The number of esters is 2. The van der Waals surface area contributed by atoms with E-state index >= 15 is 0 Å². The molecule has 2 spiro atoms. The van der Waals surface area contributed by atoms with Crippen LogP contribution < -0.4 is 0 Å². The van der Waals surface area contributed by atoms with E-state index in [0.717, 1.165) is 17.6 Å². The van der Waals surface area contributed by atoms with E-state index < -0.39 is 34.1 Å². The Bertz CT molecular complexity index is 948. The molecule has 1 saturated heterocycles. The van der Waals surface area contributed by atoms with Crippen molar-refractivity contribution in [1.82, 2.24) is 0 Å². The van der Waals surface area contributed by atoms with Gasteiger partial charge in [0.05, 0.1) is 40.5 Å². The summed E-state index contributed by atoms with van der Waals surface area (Å²) in [5.41, 5.74) is -0.727. The van der Waals surface area contributed by atoms with E-state index in [0.29, 0.717) is 44.7 Å². The van der Waals surface area contributed by atoms with Crippen LogP contribution in [0.25, 0.3) is 0 Å². The molecule has 0 aromatic carbocycles. The number of carbonyl (C=O) groups is 2. The summed E-state index contributed by atoms with van der Waals surface area (Å²) in [7, 11) is 5.88. The van der Waals surface area contributed by atoms with Crippen LogP contribution in [0.4, 0.5) is 0 Å². The van der Waals surface area contributed by atoms with E-state index in [4.69, 9.17) is 33.2 Å². The summed E-state index contributed by atoms with van der Waals surface area (Å²) in [6, 6.07) is 0. The number of fused-ring (bicyclic) bond motifs is 3. The smallest absolute Gasteiger partial charge is 0.323 e. The highest BCUT2D eigenvalue weighted by Gasteiger charge is 2.78. The van der Waals surface area contributed by atoms with Gasteiger partial charge in [-0.05, 0) is 50.2 Å². The molecule has 2 bridgehead atoms. The molecule has 4 aliphatic carbocycles. The van der Waals surface area contributed by atoms with Gasteiger partial charge in [-0.15, -0.1) is 0 Å². The minimum atomic E-state index is -1.23. The molecule has 2 saturated carbocycles. The first-order chi connectivity index (χ1) is 16.3. The second kappa shape index (κ2) is 8.05. The van der Waals surface area contributed by atoms with Gasteiger partial charge in [0.2, 0.25) is 0 Å². The third-order valence-electron chi connectivity index (χ3n) is 9.03. The van der Waals surface area contributed by atoms with Crippen LogP contribution in [-0.4, -0.2) is 71.8 Å². The normalized spacial score (nSPS) is 39.5. The molecule has 188 valence electrons. The highest BCUT2D eigenvalue weighted by atomic mass is 16.8. The average molecular weight is 479 g/mol. The Morgan fingerprint density at radius 3 is 2.44 bits per heavy atom. The van der Waals surface area contributed by atoms with Crippen LogP contribution in [0.3, 0.4) is 0 Å². The van der Waals surface area contributed by atoms with Crippen molar-refractivity contribution >= 4 is 11.9 Å². The standard InChI is InChI=1S/C25H34O9/c1-22(21(27)31-5)17(29-3)7-6-15-16-8-9-24(34-14-28-2)12-23(16,13-25(24)32-10-11-33-25)19(18(15)22)20(26)30-4/h7,16,19H,6,8-14H2,1-5H3/t16-,19-,22+,23+,24-/m0/s1. The monoisotopic (exact) mass is 478 g/mol. The first-order valence-corrected chi connectivity index (χ1v) is 11.8. The number of methoxy groups -OCH3 is 4. The number of carbonyl (C=O) groups excluding carboxylic acids is 2. The fourth-order valence-electron chi connectivity index (χ4n) is 7.90. The average Bonchev–Trinajstić information content (AvgIpc) is 3.49. The maximum absolute atomic E-state index is 13.6. The summed E-state index contributed by atoms with van der Waals surface area (Å²) in [6.45, 7) is 2.81. The molecule has 0 aromatic rings. The first-order valence-electron chi connectivity index (χ1n) is 11.8. The number of hydrogen-bond acceptors (Lipinski definition) is 9. The second-order valence-corrected chi connectivity index (χ2v) is 10.2. The molecule has 5 atom stereocenters. The van der Waals surface area contributed by atoms with Crippen molar-refractivity contribution in [3.8, 4) is 0 Å². The lowest BCUT2D eigenvalue weighted by molar-refractivity contribution is -0.289. The van der Waals surface area contributed by atoms with Crippen molar-refractivity contribution < 1.29 is 42.7 Å². The SMILES string of the molecule is COCO[C@]12CC[C@H]3C4=C([C@@H](C(=O)OC)[C@@]3(CC13OCCO3)C2)[C@](C)(C(=O)OC)C(OC)=CC4. The summed E-state index contributed by atoms with van der Waals surface area (Å²) in [4.78, 5) is 26.9. The van der Waals surface area contributed by atoms with E-state index in [9.17, 15) is 9.59 Å². The Hall–Kier alpha value is -1.94. The lowest BCUT2D eigenvalue weighted by Gasteiger charge is -2.45. The molecule has 0 N–H and O–H groups in total. The molecule has 3 fully saturated rings. The molecule has 0 unspecified atom stereocenters. The quantitative estimate of drug-likeness (QED) is 0.324. The summed E-state index contributed by atoms with van der Waals surface area (Å²) in [5.74, 6) is -1.94. The third-order valence-corrected chi connectivity index (χ3v) is 9.03. The molecule has 1 aliphatic heterocycles. The fraction of sp³-hybridized carbons (Fsp3) is 0.760. The van der Waals surface area contributed by atoms with Crippen LogP contribution in [0.5, 0.6) is 0 Å². The van der Waals surface area contributed by atoms with Crippen molar-refractivity contribution in [3.63, 3.8) is 0 Å². The van der Waals surface area contributed by atoms with Crippen molar-refractivity contribution in [1.29, 1.82) is 0 Å². The maximum atomic E-state index is 13.6. The van der Waals surface area contributed by atoms with Gasteiger partial charge in [0.15, 0.2) is 5.79 Å². The summed E-state index contributed by atoms with van der Waals surface area (Å²) >= 11 is 0. The predicted octanol–water partition coefficient (Wildman–Crippen LogP) is 2.49. The van der Waals surface area contributed by atoms with Gasteiger partial charge in [0.25, 0.3) is 0 Å². The van der Waals surface area contributed by atoms with E-state index in [1.54, 1.807) is 21.1 Å². The largest absolute Gasteiger partial charge is 0.500 e. The lowest BCUT2D eigenvalue weighted by atomic mass is 9.61. The fourth-order valence-corrected chi connectivity index (χ4v) is 7.90. The van der Waals surface area contributed by atoms with Gasteiger partial charge in [-0.1, -0.05) is 5.57 Å². The molecule has 0 aromatic heterocycles. The highest BCUT2D eigenvalue weighted by molar-refractivity contribution is 5.90. The Labute approximate surface area is 199 Å². The van der Waals surface area contributed by atoms with Crippen LogP contribution in [-0.2, 0) is 42.7 Å². The molecular weight excluding hydrogens is 444 g/mol. The Morgan fingerprint density at radius 2 is 1.82 bits per heavy atom. The number of hydrogen-bond donors (Lipinski definition) is 0.